The highest BCUT2D eigenvalue weighted by Crippen LogP contribution is 2.84. The molecule has 0 unspecified atom stereocenters. The smallest absolute Gasteiger partial charge is 0.0802 e. The van der Waals surface area contributed by atoms with E-state index >= 15 is 0 Å². The molecule has 6 atom stereocenters. The standard InChI is InChI=1S/2C20H21NO2/c2*22-12-17-18(10-11-18)20(14-6-2-1-3-7-14)15-8-4-5-9-16(15)21-19(17,20)13-23/h2*1-9,17,21-23H,10-13H2/t2*17-,19-,20+/m00/s1. The SMILES string of the molecule is OC[C@H]1C2(CC2)[C@@]2(c3ccccc3)c3ccccc3N[C@@]12CO.OC[C@H]1C2(CC2)[C@@]2(c3ccccc3)c3ccccc3N[C@@]12CO. The van der Waals surface area contributed by atoms with Gasteiger partial charge in [-0.2, -0.15) is 0 Å². The fourth-order valence-corrected chi connectivity index (χ4v) is 12.1. The summed E-state index contributed by atoms with van der Waals surface area (Å²) in [5.74, 6) is 0.181. The van der Waals surface area contributed by atoms with Crippen LogP contribution in [0, 0.1) is 22.7 Å². The number of hydrogen-bond donors (Lipinski definition) is 6. The normalized spacial score (nSPS) is 35.1. The van der Waals surface area contributed by atoms with E-state index in [9.17, 15) is 20.4 Å². The molecule has 0 radical (unpaired) electrons. The van der Waals surface area contributed by atoms with Crippen molar-refractivity contribution in [1.82, 2.24) is 0 Å². The summed E-state index contributed by atoms with van der Waals surface area (Å²) in [5.41, 5.74) is 5.97. The van der Waals surface area contributed by atoms with E-state index < -0.39 is 11.1 Å². The fourth-order valence-electron chi connectivity index (χ4n) is 12.1. The number of anilines is 2. The van der Waals surface area contributed by atoms with Gasteiger partial charge in [-0.1, -0.05) is 97.1 Å². The summed E-state index contributed by atoms with van der Waals surface area (Å²) in [6.07, 6.45) is 4.46. The van der Waals surface area contributed by atoms with E-state index in [0.717, 1.165) is 37.1 Å². The van der Waals surface area contributed by atoms with Gasteiger partial charge in [-0.3, -0.25) is 0 Å². The van der Waals surface area contributed by atoms with E-state index in [1.807, 2.05) is 24.3 Å². The second-order valence-corrected chi connectivity index (χ2v) is 14.6. The Balaban J connectivity index is 0.000000127. The summed E-state index contributed by atoms with van der Waals surface area (Å²) in [6, 6.07) is 37.9. The van der Waals surface area contributed by atoms with Crippen LogP contribution in [0.1, 0.15) is 47.9 Å². The quantitative estimate of drug-likeness (QED) is 0.181. The van der Waals surface area contributed by atoms with Crippen LogP contribution in [0.3, 0.4) is 0 Å². The number of aliphatic hydroxyl groups excluding tert-OH is 4. The van der Waals surface area contributed by atoms with Gasteiger partial charge in [0.25, 0.3) is 0 Å². The molecule has 0 amide bonds. The summed E-state index contributed by atoms with van der Waals surface area (Å²) in [4.78, 5) is 0. The summed E-state index contributed by atoms with van der Waals surface area (Å²) in [7, 11) is 0. The van der Waals surface area contributed by atoms with Crippen molar-refractivity contribution in [3.8, 4) is 0 Å². The number of benzene rings is 4. The molecule has 236 valence electrons. The molecule has 10 rings (SSSR count). The van der Waals surface area contributed by atoms with Crippen LogP contribution < -0.4 is 10.6 Å². The van der Waals surface area contributed by atoms with E-state index in [0.29, 0.717) is 0 Å². The van der Waals surface area contributed by atoms with E-state index in [1.54, 1.807) is 0 Å². The minimum absolute atomic E-state index is 0.0313. The molecule has 46 heavy (non-hydrogen) atoms. The van der Waals surface area contributed by atoms with Gasteiger partial charge < -0.3 is 31.1 Å². The van der Waals surface area contributed by atoms with Crippen LogP contribution in [0.25, 0.3) is 0 Å². The Morgan fingerprint density at radius 3 is 1.15 bits per heavy atom. The summed E-state index contributed by atoms with van der Waals surface area (Å²) in [5, 5.41) is 48.3. The van der Waals surface area contributed by atoms with E-state index in [-0.39, 0.29) is 59.9 Å². The average Bonchev–Trinajstić information content (AvgIpc) is 4.04. The number of para-hydroxylation sites is 2. The molecule has 4 aromatic carbocycles. The first kappa shape index (κ1) is 28.5. The molecule has 2 heterocycles. The molecule has 4 saturated carbocycles. The van der Waals surface area contributed by atoms with Gasteiger partial charge in [0.2, 0.25) is 0 Å². The topological polar surface area (TPSA) is 105 Å². The molecule has 0 bridgehead atoms. The van der Waals surface area contributed by atoms with Crippen LogP contribution in [-0.4, -0.2) is 57.9 Å². The van der Waals surface area contributed by atoms with Crippen molar-refractivity contribution in [3.63, 3.8) is 0 Å². The Bertz CT molecular complexity index is 1670. The Kier molecular flexibility index (Phi) is 5.86. The maximum Gasteiger partial charge on any atom is 0.0802 e. The van der Waals surface area contributed by atoms with Gasteiger partial charge in [0.15, 0.2) is 0 Å². The predicted octanol–water partition coefficient (Wildman–Crippen LogP) is 5.06. The van der Waals surface area contributed by atoms with Crippen molar-refractivity contribution >= 4 is 11.4 Å². The number of fused-ring (bicyclic) bond motifs is 8. The molecule has 0 saturated heterocycles. The third kappa shape index (κ3) is 2.83. The molecule has 4 aromatic rings. The summed E-state index contributed by atoms with van der Waals surface area (Å²) >= 11 is 0. The summed E-state index contributed by atoms with van der Waals surface area (Å²) < 4.78 is 0. The highest BCUT2D eigenvalue weighted by Gasteiger charge is 2.87. The molecule has 4 aliphatic carbocycles. The lowest BCUT2D eigenvalue weighted by molar-refractivity contribution is -0.107. The number of rotatable bonds is 6. The van der Waals surface area contributed by atoms with Crippen LogP contribution in [-0.2, 0) is 10.8 Å². The Morgan fingerprint density at radius 2 is 0.826 bits per heavy atom. The van der Waals surface area contributed by atoms with Gasteiger partial charge in [0.05, 0.1) is 35.1 Å². The maximum atomic E-state index is 10.4. The second-order valence-electron chi connectivity index (χ2n) is 14.6. The lowest BCUT2D eigenvalue weighted by atomic mass is 9.37. The third-order valence-corrected chi connectivity index (χ3v) is 13.6. The van der Waals surface area contributed by atoms with Crippen molar-refractivity contribution in [3.05, 3.63) is 131 Å². The Labute approximate surface area is 270 Å². The van der Waals surface area contributed by atoms with Crippen molar-refractivity contribution in [2.45, 2.75) is 47.6 Å². The van der Waals surface area contributed by atoms with Crippen LogP contribution in [0.15, 0.2) is 109 Å². The van der Waals surface area contributed by atoms with Crippen molar-refractivity contribution < 1.29 is 20.4 Å². The zero-order valence-electron chi connectivity index (χ0n) is 26.0. The third-order valence-electron chi connectivity index (χ3n) is 13.6. The van der Waals surface area contributed by atoms with E-state index in [2.05, 4.69) is 95.6 Å². The first-order chi connectivity index (χ1) is 22.5. The first-order valence-corrected chi connectivity index (χ1v) is 16.8. The number of nitrogens with one attached hydrogen (secondary N) is 2. The lowest BCUT2D eigenvalue weighted by Crippen LogP contribution is -2.78. The zero-order valence-corrected chi connectivity index (χ0v) is 26.0. The highest BCUT2D eigenvalue weighted by atomic mass is 16.3. The zero-order chi connectivity index (χ0) is 31.4. The van der Waals surface area contributed by atoms with Gasteiger partial charge in [0.1, 0.15) is 0 Å². The summed E-state index contributed by atoms with van der Waals surface area (Å²) in [6.45, 7) is 0.305. The van der Waals surface area contributed by atoms with E-state index in [4.69, 9.17) is 0 Å². The second kappa shape index (κ2) is 9.45. The number of hydrogen-bond acceptors (Lipinski definition) is 6. The monoisotopic (exact) mass is 614 g/mol. The fraction of sp³-hybridized carbons (Fsp3) is 0.400. The number of aliphatic hydroxyl groups is 4. The van der Waals surface area contributed by atoms with Gasteiger partial charge in [-0.15, -0.1) is 0 Å². The predicted molar refractivity (Wildman–Crippen MR) is 179 cm³/mol. The van der Waals surface area contributed by atoms with Crippen LogP contribution in [0.4, 0.5) is 11.4 Å². The molecule has 6 heteroatoms. The molecule has 4 fully saturated rings. The highest BCUT2D eigenvalue weighted by molar-refractivity contribution is 5.76. The molecular weight excluding hydrogens is 572 g/mol. The minimum atomic E-state index is -0.497. The molecule has 6 N–H and O–H groups in total. The van der Waals surface area contributed by atoms with Crippen molar-refractivity contribution in [2.24, 2.45) is 22.7 Å². The van der Waals surface area contributed by atoms with Crippen LogP contribution >= 0.6 is 0 Å². The van der Waals surface area contributed by atoms with Gasteiger partial charge in [0, 0.05) is 36.4 Å². The lowest BCUT2D eigenvalue weighted by Gasteiger charge is -2.67. The van der Waals surface area contributed by atoms with E-state index in [1.165, 1.54) is 22.3 Å². The molecule has 0 aromatic heterocycles. The Morgan fingerprint density at radius 1 is 0.478 bits per heavy atom. The molecule has 6 aliphatic rings. The van der Waals surface area contributed by atoms with Crippen LogP contribution in [0.5, 0.6) is 0 Å². The maximum absolute atomic E-state index is 10.4. The average molecular weight is 615 g/mol. The van der Waals surface area contributed by atoms with Gasteiger partial charge in [-0.25, -0.2) is 0 Å². The largest absolute Gasteiger partial charge is 0.396 e. The molecular formula is C40H42N2O4. The molecule has 2 spiro atoms. The van der Waals surface area contributed by atoms with Gasteiger partial charge in [-0.05, 0) is 70.9 Å². The minimum Gasteiger partial charge on any atom is -0.396 e. The first-order valence-electron chi connectivity index (χ1n) is 16.8. The molecule has 6 nitrogen and oxygen atoms in total. The van der Waals surface area contributed by atoms with Crippen LogP contribution in [0.2, 0.25) is 0 Å². The Hall–Kier alpha value is -3.68. The van der Waals surface area contributed by atoms with Crippen molar-refractivity contribution in [2.75, 3.05) is 37.1 Å². The van der Waals surface area contributed by atoms with Crippen molar-refractivity contribution in [1.29, 1.82) is 0 Å². The van der Waals surface area contributed by atoms with Gasteiger partial charge >= 0.3 is 0 Å². The molecule has 2 aliphatic heterocycles.